The SMILES string of the molecule is COC(=O)[C@@H](c1ccccc1)N1C(=O)[C@@H]2[C@H](C1=O)[C@H]1C=C[C@H]2C1. The second-order valence-corrected chi connectivity index (χ2v) is 6.38. The number of carbonyl (C=O) groups excluding carboxylic acids is 3. The molecule has 1 aromatic rings. The van der Waals surface area contributed by atoms with Gasteiger partial charge in [-0.25, -0.2) is 4.79 Å². The summed E-state index contributed by atoms with van der Waals surface area (Å²) in [6, 6.07) is 7.87. The molecule has 2 bridgehead atoms. The maximum Gasteiger partial charge on any atom is 0.333 e. The summed E-state index contributed by atoms with van der Waals surface area (Å²) in [4.78, 5) is 39.2. The van der Waals surface area contributed by atoms with E-state index in [1.54, 1.807) is 24.3 Å². The van der Waals surface area contributed by atoms with E-state index >= 15 is 0 Å². The van der Waals surface area contributed by atoms with Gasteiger partial charge in [-0.1, -0.05) is 42.5 Å². The smallest absolute Gasteiger partial charge is 0.333 e. The Balaban J connectivity index is 1.74. The van der Waals surface area contributed by atoms with E-state index in [9.17, 15) is 14.4 Å². The second kappa shape index (κ2) is 5.05. The molecule has 0 N–H and O–H groups in total. The van der Waals surface area contributed by atoms with Crippen molar-refractivity contribution in [1.82, 2.24) is 4.90 Å². The lowest BCUT2D eigenvalue weighted by atomic mass is 9.85. The Labute approximate surface area is 133 Å². The minimum absolute atomic E-state index is 0.125. The molecular formula is C18H17NO4. The molecule has 0 radical (unpaired) electrons. The molecule has 4 rings (SSSR count). The lowest BCUT2D eigenvalue weighted by Crippen LogP contribution is -2.40. The molecule has 1 saturated heterocycles. The third-order valence-electron chi connectivity index (χ3n) is 5.30. The van der Waals surface area contributed by atoms with Crippen LogP contribution in [-0.4, -0.2) is 29.8 Å². The van der Waals surface area contributed by atoms with Gasteiger partial charge in [0.25, 0.3) is 0 Å². The molecule has 2 fully saturated rings. The van der Waals surface area contributed by atoms with Gasteiger partial charge in [0.15, 0.2) is 6.04 Å². The van der Waals surface area contributed by atoms with Gasteiger partial charge in [0.2, 0.25) is 11.8 Å². The Bertz CT molecular complexity index is 681. The number of benzene rings is 1. The molecule has 1 aliphatic heterocycles. The first kappa shape index (κ1) is 14.2. The van der Waals surface area contributed by atoms with Gasteiger partial charge < -0.3 is 4.74 Å². The number of hydrogen-bond donors (Lipinski definition) is 0. The van der Waals surface area contributed by atoms with Crippen LogP contribution in [0, 0.1) is 23.7 Å². The summed E-state index contributed by atoms with van der Waals surface area (Å²) in [7, 11) is 1.27. The molecule has 2 amide bonds. The molecule has 23 heavy (non-hydrogen) atoms. The van der Waals surface area contributed by atoms with E-state index in [1.165, 1.54) is 7.11 Å². The lowest BCUT2D eigenvalue weighted by Gasteiger charge is -2.26. The van der Waals surface area contributed by atoms with Gasteiger partial charge in [-0.05, 0) is 23.8 Å². The van der Waals surface area contributed by atoms with Crippen LogP contribution in [-0.2, 0) is 19.1 Å². The largest absolute Gasteiger partial charge is 0.467 e. The Morgan fingerprint density at radius 2 is 1.65 bits per heavy atom. The van der Waals surface area contributed by atoms with Gasteiger partial charge in [0.1, 0.15) is 0 Å². The molecule has 0 unspecified atom stereocenters. The Hall–Kier alpha value is -2.43. The van der Waals surface area contributed by atoms with Crippen molar-refractivity contribution in [2.75, 3.05) is 7.11 Å². The molecule has 1 aromatic carbocycles. The summed E-state index contributed by atoms with van der Waals surface area (Å²) in [6.07, 6.45) is 4.95. The minimum Gasteiger partial charge on any atom is -0.467 e. The number of fused-ring (bicyclic) bond motifs is 5. The van der Waals surface area contributed by atoms with Crippen LogP contribution in [0.3, 0.4) is 0 Å². The predicted molar refractivity (Wildman–Crippen MR) is 80.8 cm³/mol. The van der Waals surface area contributed by atoms with E-state index in [1.807, 2.05) is 18.2 Å². The number of carbonyl (C=O) groups is 3. The van der Waals surface area contributed by atoms with Gasteiger partial charge in [0.05, 0.1) is 18.9 Å². The van der Waals surface area contributed by atoms with Crippen molar-refractivity contribution in [2.45, 2.75) is 12.5 Å². The van der Waals surface area contributed by atoms with Crippen LogP contribution >= 0.6 is 0 Å². The van der Waals surface area contributed by atoms with Gasteiger partial charge in [-0.3, -0.25) is 14.5 Å². The topological polar surface area (TPSA) is 63.7 Å². The number of esters is 1. The average molecular weight is 311 g/mol. The van der Waals surface area contributed by atoms with Gasteiger partial charge in [0, 0.05) is 0 Å². The summed E-state index contributed by atoms with van der Waals surface area (Å²) in [5, 5.41) is 0. The van der Waals surface area contributed by atoms with Crippen molar-refractivity contribution < 1.29 is 19.1 Å². The molecule has 2 aliphatic carbocycles. The second-order valence-electron chi connectivity index (χ2n) is 6.38. The van der Waals surface area contributed by atoms with Crippen LogP contribution in [0.2, 0.25) is 0 Å². The maximum absolute atomic E-state index is 12.9. The monoisotopic (exact) mass is 311 g/mol. The van der Waals surface area contributed by atoms with E-state index in [4.69, 9.17) is 4.74 Å². The molecule has 5 nitrogen and oxygen atoms in total. The fourth-order valence-electron chi connectivity index (χ4n) is 4.32. The fraction of sp³-hybridized carbons (Fsp3) is 0.389. The molecule has 0 spiro atoms. The molecule has 118 valence electrons. The van der Waals surface area contributed by atoms with Crippen LogP contribution in [0.5, 0.6) is 0 Å². The zero-order chi connectivity index (χ0) is 16.1. The first-order valence-corrected chi connectivity index (χ1v) is 7.81. The van der Waals surface area contributed by atoms with Crippen molar-refractivity contribution in [3.05, 3.63) is 48.0 Å². The van der Waals surface area contributed by atoms with Crippen molar-refractivity contribution in [1.29, 1.82) is 0 Å². The maximum atomic E-state index is 12.9. The zero-order valence-corrected chi connectivity index (χ0v) is 12.7. The molecular weight excluding hydrogens is 294 g/mol. The van der Waals surface area contributed by atoms with Crippen LogP contribution in [0.25, 0.3) is 0 Å². The van der Waals surface area contributed by atoms with Crippen molar-refractivity contribution in [3.8, 4) is 0 Å². The van der Waals surface area contributed by atoms with Gasteiger partial charge in [-0.15, -0.1) is 0 Å². The number of nitrogens with zero attached hydrogens (tertiary/aromatic N) is 1. The van der Waals surface area contributed by atoms with Crippen molar-refractivity contribution in [2.24, 2.45) is 23.7 Å². The van der Waals surface area contributed by atoms with Gasteiger partial charge >= 0.3 is 5.97 Å². The van der Waals surface area contributed by atoms with Gasteiger partial charge in [-0.2, -0.15) is 0 Å². The predicted octanol–water partition coefficient (Wildman–Crippen LogP) is 1.71. The lowest BCUT2D eigenvalue weighted by molar-refractivity contribution is -0.157. The Morgan fingerprint density at radius 1 is 1.09 bits per heavy atom. The van der Waals surface area contributed by atoms with E-state index in [-0.39, 0.29) is 35.5 Å². The number of allylic oxidation sites excluding steroid dienone is 2. The first-order chi connectivity index (χ1) is 11.1. The quantitative estimate of drug-likeness (QED) is 0.484. The Morgan fingerprint density at radius 3 is 2.17 bits per heavy atom. The Kier molecular flexibility index (Phi) is 3.11. The molecule has 5 atom stereocenters. The van der Waals surface area contributed by atoms with E-state index < -0.39 is 12.0 Å². The summed E-state index contributed by atoms with van der Waals surface area (Å²) in [5.41, 5.74) is 0.598. The van der Waals surface area contributed by atoms with Crippen molar-refractivity contribution >= 4 is 17.8 Å². The average Bonchev–Trinajstić information content (AvgIpc) is 3.25. The third kappa shape index (κ3) is 1.89. The summed E-state index contributed by atoms with van der Waals surface area (Å²) < 4.78 is 4.87. The molecule has 1 saturated carbocycles. The normalized spacial score (nSPS) is 32.3. The summed E-state index contributed by atoms with van der Waals surface area (Å²) in [5.74, 6) is -1.44. The number of imide groups is 1. The molecule has 0 aromatic heterocycles. The minimum atomic E-state index is -0.994. The fourth-order valence-corrected chi connectivity index (χ4v) is 4.32. The number of amides is 2. The van der Waals surface area contributed by atoms with Crippen molar-refractivity contribution in [3.63, 3.8) is 0 Å². The highest BCUT2D eigenvalue weighted by Crippen LogP contribution is 2.53. The first-order valence-electron chi connectivity index (χ1n) is 7.81. The highest BCUT2D eigenvalue weighted by atomic mass is 16.5. The highest BCUT2D eigenvalue weighted by Gasteiger charge is 2.61. The van der Waals surface area contributed by atoms with Crippen LogP contribution in [0.1, 0.15) is 18.0 Å². The number of hydrogen-bond acceptors (Lipinski definition) is 4. The van der Waals surface area contributed by atoms with Crippen LogP contribution in [0.4, 0.5) is 0 Å². The zero-order valence-electron chi connectivity index (χ0n) is 12.7. The molecule has 1 heterocycles. The van der Waals surface area contributed by atoms with E-state index in [2.05, 4.69) is 0 Å². The summed E-state index contributed by atoms with van der Waals surface area (Å²) in [6.45, 7) is 0. The number of likely N-dealkylation sites (tertiary alicyclic amines) is 1. The standard InChI is InChI=1S/C18H17NO4/c1-23-18(22)15(10-5-3-2-4-6-10)19-16(20)13-11-7-8-12(9-11)14(13)17(19)21/h2-8,11-15H,9H2,1H3/t11-,12-,13-,14+,15+/m0/s1. The highest BCUT2D eigenvalue weighted by molar-refractivity contribution is 6.09. The number of ether oxygens (including phenoxy) is 1. The summed E-state index contributed by atoms with van der Waals surface area (Å²) >= 11 is 0. The van der Waals surface area contributed by atoms with E-state index in [0.717, 1.165) is 11.3 Å². The number of methoxy groups -OCH3 is 1. The van der Waals surface area contributed by atoms with Crippen LogP contribution < -0.4 is 0 Å². The van der Waals surface area contributed by atoms with E-state index in [0.29, 0.717) is 5.56 Å². The molecule has 5 heteroatoms. The molecule has 3 aliphatic rings. The third-order valence-corrected chi connectivity index (χ3v) is 5.30. The number of rotatable bonds is 3. The van der Waals surface area contributed by atoms with Crippen LogP contribution in [0.15, 0.2) is 42.5 Å².